The lowest BCUT2D eigenvalue weighted by Gasteiger charge is -2.37. The smallest absolute Gasteiger partial charge is 0.233 e. The zero-order valence-electron chi connectivity index (χ0n) is 14.3. The molecule has 0 radical (unpaired) electrons. The highest BCUT2D eigenvalue weighted by atomic mass is 16.5. The minimum atomic E-state index is 0.0953. The minimum Gasteiger partial charge on any atom is -0.497 e. The Balaban J connectivity index is 1.33. The number of methoxy groups -OCH3 is 1. The van der Waals surface area contributed by atoms with Crippen molar-refractivity contribution in [1.82, 2.24) is 20.0 Å². The van der Waals surface area contributed by atoms with Gasteiger partial charge in [-0.2, -0.15) is 4.98 Å². The molecule has 1 aliphatic heterocycles. The van der Waals surface area contributed by atoms with Crippen molar-refractivity contribution >= 4 is 5.91 Å². The number of hydrogen-bond donors (Lipinski definition) is 0. The fraction of sp³-hybridized carbons (Fsp3) is 0.263. The Hall–Kier alpha value is -3.22. The van der Waals surface area contributed by atoms with Gasteiger partial charge >= 0.3 is 0 Å². The second-order valence-electron chi connectivity index (χ2n) is 6.21. The topological polar surface area (TPSA) is 81.4 Å². The number of aromatic nitrogens is 3. The molecule has 0 spiro atoms. The maximum absolute atomic E-state index is 12.4. The van der Waals surface area contributed by atoms with E-state index in [-0.39, 0.29) is 11.8 Å². The second kappa shape index (κ2) is 6.95. The fourth-order valence-electron chi connectivity index (χ4n) is 2.89. The standard InChI is InChI=1S/C19H18N4O3/c1-25-16-4-2-13(3-5-16)10-17(24)23-11-15(12-23)19-21-18(22-26-19)14-6-8-20-9-7-14/h2-9,15H,10-12H2,1H3. The molecule has 1 saturated heterocycles. The Morgan fingerprint density at radius 1 is 1.19 bits per heavy atom. The highest BCUT2D eigenvalue weighted by Crippen LogP contribution is 2.28. The van der Waals surface area contributed by atoms with E-state index in [9.17, 15) is 4.79 Å². The molecule has 1 aromatic carbocycles. The Morgan fingerprint density at radius 2 is 1.92 bits per heavy atom. The van der Waals surface area contributed by atoms with Crippen LogP contribution in [0.2, 0.25) is 0 Å². The Kier molecular flexibility index (Phi) is 4.35. The molecule has 7 nitrogen and oxygen atoms in total. The molecule has 0 unspecified atom stereocenters. The van der Waals surface area contributed by atoms with E-state index in [1.807, 2.05) is 41.3 Å². The van der Waals surface area contributed by atoms with Gasteiger partial charge in [-0.25, -0.2) is 0 Å². The van der Waals surface area contributed by atoms with Crippen molar-refractivity contribution in [3.05, 3.63) is 60.2 Å². The molecule has 132 valence electrons. The third-order valence-corrected chi connectivity index (χ3v) is 4.48. The highest BCUT2D eigenvalue weighted by molar-refractivity contribution is 5.79. The number of carbonyl (C=O) groups excluding carboxylic acids is 1. The molecule has 3 heterocycles. The van der Waals surface area contributed by atoms with Gasteiger partial charge in [-0.15, -0.1) is 0 Å². The van der Waals surface area contributed by atoms with Crippen LogP contribution in [0.3, 0.4) is 0 Å². The van der Waals surface area contributed by atoms with Gasteiger partial charge in [0.15, 0.2) is 0 Å². The number of nitrogens with zero attached hydrogens (tertiary/aromatic N) is 4. The van der Waals surface area contributed by atoms with Crippen molar-refractivity contribution in [2.75, 3.05) is 20.2 Å². The van der Waals surface area contributed by atoms with Crippen LogP contribution in [0.15, 0.2) is 53.3 Å². The van der Waals surface area contributed by atoms with Gasteiger partial charge in [0.05, 0.1) is 19.4 Å². The lowest BCUT2D eigenvalue weighted by atomic mass is 9.98. The largest absolute Gasteiger partial charge is 0.497 e. The summed E-state index contributed by atoms with van der Waals surface area (Å²) in [5, 5.41) is 4.01. The number of likely N-dealkylation sites (tertiary alicyclic amines) is 1. The van der Waals surface area contributed by atoms with Crippen LogP contribution in [0.1, 0.15) is 17.4 Å². The Labute approximate surface area is 150 Å². The van der Waals surface area contributed by atoms with Crippen molar-refractivity contribution in [2.24, 2.45) is 0 Å². The van der Waals surface area contributed by atoms with Crippen LogP contribution < -0.4 is 4.74 Å². The van der Waals surface area contributed by atoms with E-state index < -0.39 is 0 Å². The number of ether oxygens (including phenoxy) is 1. The molecular formula is C19H18N4O3. The second-order valence-corrected chi connectivity index (χ2v) is 6.21. The van der Waals surface area contributed by atoms with Gasteiger partial charge in [-0.05, 0) is 29.8 Å². The maximum Gasteiger partial charge on any atom is 0.233 e. The first-order chi connectivity index (χ1) is 12.7. The molecule has 0 N–H and O–H groups in total. The predicted molar refractivity (Wildman–Crippen MR) is 93.5 cm³/mol. The number of rotatable bonds is 5. The molecule has 1 amide bonds. The van der Waals surface area contributed by atoms with Crippen molar-refractivity contribution in [1.29, 1.82) is 0 Å². The molecule has 26 heavy (non-hydrogen) atoms. The van der Waals surface area contributed by atoms with Crippen molar-refractivity contribution in [3.63, 3.8) is 0 Å². The van der Waals surface area contributed by atoms with Gasteiger partial charge in [0.1, 0.15) is 5.75 Å². The van der Waals surface area contributed by atoms with Crippen LogP contribution in [0.5, 0.6) is 5.75 Å². The van der Waals surface area contributed by atoms with Crippen molar-refractivity contribution in [2.45, 2.75) is 12.3 Å². The molecule has 0 atom stereocenters. The molecule has 1 fully saturated rings. The van der Waals surface area contributed by atoms with E-state index in [1.54, 1.807) is 19.5 Å². The minimum absolute atomic E-state index is 0.0953. The lowest BCUT2D eigenvalue weighted by Crippen LogP contribution is -2.49. The van der Waals surface area contributed by atoms with Gasteiger partial charge < -0.3 is 14.2 Å². The van der Waals surface area contributed by atoms with Crippen LogP contribution in [0.25, 0.3) is 11.4 Å². The first-order valence-electron chi connectivity index (χ1n) is 8.37. The molecule has 0 saturated carbocycles. The van der Waals surface area contributed by atoms with Crippen LogP contribution in [0, 0.1) is 0 Å². The number of hydrogen-bond acceptors (Lipinski definition) is 6. The normalized spacial score (nSPS) is 14.1. The third kappa shape index (κ3) is 3.28. The lowest BCUT2D eigenvalue weighted by molar-refractivity contribution is -0.135. The summed E-state index contributed by atoms with van der Waals surface area (Å²) in [5.74, 6) is 2.10. The Morgan fingerprint density at radius 3 is 2.62 bits per heavy atom. The third-order valence-electron chi connectivity index (χ3n) is 4.48. The maximum atomic E-state index is 12.4. The van der Waals surface area contributed by atoms with E-state index >= 15 is 0 Å². The molecule has 4 rings (SSSR count). The summed E-state index contributed by atoms with van der Waals surface area (Å²) in [7, 11) is 1.62. The van der Waals surface area contributed by atoms with Gasteiger partial charge in [-0.3, -0.25) is 9.78 Å². The first kappa shape index (κ1) is 16.3. The monoisotopic (exact) mass is 350 g/mol. The van der Waals surface area contributed by atoms with E-state index in [2.05, 4.69) is 15.1 Å². The number of benzene rings is 1. The summed E-state index contributed by atoms with van der Waals surface area (Å²) in [6.07, 6.45) is 3.76. The number of carbonyl (C=O) groups is 1. The molecular weight excluding hydrogens is 332 g/mol. The van der Waals surface area contributed by atoms with E-state index in [0.717, 1.165) is 16.9 Å². The quantitative estimate of drug-likeness (QED) is 0.702. The van der Waals surface area contributed by atoms with Gasteiger partial charge in [0.2, 0.25) is 17.6 Å². The SMILES string of the molecule is COc1ccc(CC(=O)N2CC(c3nc(-c4ccncc4)no3)C2)cc1. The van der Waals surface area contributed by atoms with Gasteiger partial charge in [-0.1, -0.05) is 17.3 Å². The molecule has 2 aromatic heterocycles. The fourth-order valence-corrected chi connectivity index (χ4v) is 2.89. The molecule has 7 heteroatoms. The van der Waals surface area contributed by atoms with Crippen LogP contribution in [-0.4, -0.2) is 46.1 Å². The summed E-state index contributed by atoms with van der Waals surface area (Å²) in [5.41, 5.74) is 1.83. The van der Waals surface area contributed by atoms with E-state index in [0.29, 0.717) is 31.2 Å². The van der Waals surface area contributed by atoms with Gasteiger partial charge in [0.25, 0.3) is 0 Å². The summed E-state index contributed by atoms with van der Waals surface area (Å²) in [6, 6.07) is 11.2. The summed E-state index contributed by atoms with van der Waals surface area (Å²) >= 11 is 0. The molecule has 3 aromatic rings. The Bertz CT molecular complexity index is 887. The van der Waals surface area contributed by atoms with Crippen LogP contribution >= 0.6 is 0 Å². The predicted octanol–water partition coefficient (Wildman–Crippen LogP) is 2.31. The molecule has 1 aliphatic rings. The summed E-state index contributed by atoms with van der Waals surface area (Å²) in [4.78, 5) is 22.6. The van der Waals surface area contributed by atoms with E-state index in [1.165, 1.54) is 0 Å². The zero-order chi connectivity index (χ0) is 17.9. The van der Waals surface area contributed by atoms with Crippen LogP contribution in [0.4, 0.5) is 0 Å². The van der Waals surface area contributed by atoms with Gasteiger partial charge in [0, 0.05) is 31.0 Å². The average Bonchev–Trinajstić information content (AvgIpc) is 3.11. The summed E-state index contributed by atoms with van der Waals surface area (Å²) in [6.45, 7) is 1.21. The summed E-state index contributed by atoms with van der Waals surface area (Å²) < 4.78 is 10.5. The average molecular weight is 350 g/mol. The van der Waals surface area contributed by atoms with E-state index in [4.69, 9.17) is 9.26 Å². The zero-order valence-corrected chi connectivity index (χ0v) is 14.3. The van der Waals surface area contributed by atoms with Crippen molar-refractivity contribution in [3.8, 4) is 17.1 Å². The first-order valence-corrected chi connectivity index (χ1v) is 8.37. The van der Waals surface area contributed by atoms with Crippen LogP contribution in [-0.2, 0) is 11.2 Å². The number of amides is 1. The number of pyridine rings is 1. The van der Waals surface area contributed by atoms with Crippen molar-refractivity contribution < 1.29 is 14.1 Å². The highest BCUT2D eigenvalue weighted by Gasteiger charge is 2.35. The molecule has 0 bridgehead atoms. The molecule has 0 aliphatic carbocycles.